The minimum atomic E-state index is -0.465. The molecule has 1 fully saturated rings. The van der Waals surface area contributed by atoms with Crippen LogP contribution in [0.5, 0.6) is 0 Å². The van der Waals surface area contributed by atoms with E-state index in [0.29, 0.717) is 49.0 Å². The number of fused-ring (bicyclic) bond motifs is 3. The van der Waals surface area contributed by atoms with Crippen molar-refractivity contribution in [2.75, 3.05) is 28.6 Å². The van der Waals surface area contributed by atoms with Gasteiger partial charge in [-0.3, -0.25) is 29.3 Å². The molecule has 14 nitrogen and oxygen atoms in total. The fourth-order valence-electron chi connectivity index (χ4n) is 5.60. The summed E-state index contributed by atoms with van der Waals surface area (Å²) < 4.78 is 3.61. The summed E-state index contributed by atoms with van der Waals surface area (Å²) in [6.45, 7) is 3.83. The van der Waals surface area contributed by atoms with E-state index in [1.54, 1.807) is 41.5 Å². The Hall–Kier alpha value is -6.05. The van der Waals surface area contributed by atoms with E-state index in [0.717, 1.165) is 22.2 Å². The van der Waals surface area contributed by atoms with Gasteiger partial charge in [0, 0.05) is 49.5 Å². The first-order valence-corrected chi connectivity index (χ1v) is 14.8. The van der Waals surface area contributed by atoms with Crippen LogP contribution in [0, 0.1) is 0 Å². The molecule has 232 valence electrons. The van der Waals surface area contributed by atoms with Crippen molar-refractivity contribution in [2.24, 2.45) is 0 Å². The zero-order valence-electron chi connectivity index (χ0n) is 24.9. The number of benzene rings is 1. The number of nitrogens with one attached hydrogen (secondary N) is 4. The maximum absolute atomic E-state index is 13.0. The van der Waals surface area contributed by atoms with Crippen molar-refractivity contribution in [1.82, 2.24) is 34.9 Å². The number of hydrogen-bond donors (Lipinski definition) is 4. The summed E-state index contributed by atoms with van der Waals surface area (Å²) in [5, 5.41) is 16.6. The Bertz CT molecular complexity index is 2000. The minimum absolute atomic E-state index is 0.0268. The predicted octanol–water partition coefficient (Wildman–Crippen LogP) is 3.29. The topological polar surface area (TPSA) is 168 Å². The number of carbonyl (C=O) groups is 4. The maximum Gasteiger partial charge on any atom is 0.329 e. The van der Waals surface area contributed by atoms with Crippen LogP contribution in [0.25, 0.3) is 11.0 Å². The molecule has 1 aromatic carbocycles. The normalized spacial score (nSPS) is 16.2. The van der Waals surface area contributed by atoms with Gasteiger partial charge in [-0.05, 0) is 60.5 Å². The van der Waals surface area contributed by atoms with Gasteiger partial charge in [-0.2, -0.15) is 5.10 Å². The zero-order chi connectivity index (χ0) is 31.8. The van der Waals surface area contributed by atoms with Crippen molar-refractivity contribution < 1.29 is 19.2 Å². The number of urea groups is 1. The number of amides is 5. The van der Waals surface area contributed by atoms with Crippen LogP contribution < -0.4 is 26.2 Å². The molecule has 7 rings (SSSR count). The number of hydrogen-bond acceptors (Lipinski definition) is 8. The molecule has 0 aliphatic carbocycles. The molecule has 1 saturated heterocycles. The van der Waals surface area contributed by atoms with Gasteiger partial charge in [0.05, 0.1) is 24.5 Å². The van der Waals surface area contributed by atoms with E-state index in [1.165, 1.54) is 4.90 Å². The highest BCUT2D eigenvalue weighted by molar-refractivity contribution is 6.06. The number of aromatic nitrogens is 5. The van der Waals surface area contributed by atoms with Crippen LogP contribution in [0.15, 0.2) is 73.2 Å². The number of carbonyl (C=O) groups excluding carboxylic acids is 4. The quantitative estimate of drug-likeness (QED) is 0.205. The third-order valence-corrected chi connectivity index (χ3v) is 7.98. The van der Waals surface area contributed by atoms with Crippen molar-refractivity contribution in [2.45, 2.75) is 32.5 Å². The van der Waals surface area contributed by atoms with Gasteiger partial charge in [0.2, 0.25) is 5.91 Å². The molecule has 5 amide bonds. The van der Waals surface area contributed by atoms with Gasteiger partial charge >= 0.3 is 6.03 Å². The van der Waals surface area contributed by atoms with Crippen molar-refractivity contribution in [3.63, 3.8) is 0 Å². The van der Waals surface area contributed by atoms with E-state index >= 15 is 0 Å². The Morgan fingerprint density at radius 2 is 1.87 bits per heavy atom. The molecule has 2 aliphatic heterocycles. The van der Waals surface area contributed by atoms with Crippen molar-refractivity contribution in [3.8, 4) is 0 Å². The lowest BCUT2D eigenvalue weighted by molar-refractivity contribution is -0.120. The molecular formula is C32H30N10O4. The van der Waals surface area contributed by atoms with Crippen LogP contribution in [0.1, 0.15) is 51.5 Å². The molecule has 5 aromatic rings. The summed E-state index contributed by atoms with van der Waals surface area (Å²) in [6.07, 6.45) is 5.23. The Morgan fingerprint density at radius 3 is 2.70 bits per heavy atom. The average Bonchev–Trinajstić information content (AvgIpc) is 3.67. The molecule has 0 bridgehead atoms. The predicted molar refractivity (Wildman–Crippen MR) is 170 cm³/mol. The second-order valence-electron chi connectivity index (χ2n) is 11.3. The van der Waals surface area contributed by atoms with Gasteiger partial charge in [0.15, 0.2) is 0 Å². The van der Waals surface area contributed by atoms with Crippen LogP contribution in [-0.2, 0) is 17.9 Å². The maximum atomic E-state index is 13.0. The Balaban J connectivity index is 0.950. The van der Waals surface area contributed by atoms with Crippen molar-refractivity contribution >= 4 is 52.0 Å². The van der Waals surface area contributed by atoms with Crippen LogP contribution >= 0.6 is 0 Å². The molecule has 0 radical (unpaired) electrons. The van der Waals surface area contributed by atoms with E-state index in [2.05, 4.69) is 36.3 Å². The first-order chi connectivity index (χ1) is 22.3. The lowest BCUT2D eigenvalue weighted by Gasteiger charge is -2.25. The molecule has 6 heterocycles. The fraction of sp³-hybridized carbons (Fsp3) is 0.219. The summed E-state index contributed by atoms with van der Waals surface area (Å²) in [7, 11) is 0. The standard InChI is InChI=1S/C32H30N10O4/c1-19-14-35-31(45)26-13-22-4-7-25(38-29(22)42(19)26)30(44)37-24-16-36-40(18-24)17-20-2-5-23(6-3-20)34-15-21-8-10-33-27(12-21)41-11-9-28(43)39-32(41)46/h2-8,10,12-13,16,18-19,34H,9,11,14-15,17H2,1H3,(H,35,45)(H,37,44)(H,39,43,46)/t19-/m1/s1. The second-order valence-corrected chi connectivity index (χ2v) is 11.3. The van der Waals surface area contributed by atoms with Gasteiger partial charge in [-0.25, -0.2) is 14.8 Å². The molecule has 0 unspecified atom stereocenters. The van der Waals surface area contributed by atoms with E-state index in [4.69, 9.17) is 0 Å². The van der Waals surface area contributed by atoms with E-state index in [-0.39, 0.29) is 35.9 Å². The van der Waals surface area contributed by atoms with E-state index in [9.17, 15) is 19.2 Å². The second kappa shape index (κ2) is 11.8. The number of anilines is 3. The van der Waals surface area contributed by atoms with Crippen molar-refractivity contribution in [3.05, 3.63) is 95.7 Å². The zero-order valence-corrected chi connectivity index (χ0v) is 24.9. The molecule has 14 heteroatoms. The SMILES string of the molecule is C[C@@H]1CNC(=O)c2cc3ccc(C(=O)Nc4cnn(Cc5ccc(NCc6ccnc(N7CCC(=O)NC7=O)c6)cc5)c4)nc3n21. The Labute approximate surface area is 262 Å². The smallest absolute Gasteiger partial charge is 0.329 e. The molecule has 0 spiro atoms. The summed E-state index contributed by atoms with van der Waals surface area (Å²) in [5.74, 6) is -0.299. The summed E-state index contributed by atoms with van der Waals surface area (Å²) in [4.78, 5) is 59.3. The van der Waals surface area contributed by atoms with Gasteiger partial charge < -0.3 is 20.5 Å². The Morgan fingerprint density at radius 1 is 1.02 bits per heavy atom. The first kappa shape index (κ1) is 28.7. The molecule has 1 atom stereocenters. The average molecular weight is 619 g/mol. The van der Waals surface area contributed by atoms with Gasteiger partial charge in [0.1, 0.15) is 22.9 Å². The van der Waals surface area contributed by atoms with Gasteiger partial charge in [-0.1, -0.05) is 12.1 Å². The first-order valence-electron chi connectivity index (χ1n) is 14.8. The monoisotopic (exact) mass is 618 g/mol. The van der Waals surface area contributed by atoms with E-state index in [1.807, 2.05) is 47.9 Å². The largest absolute Gasteiger partial charge is 0.381 e. The van der Waals surface area contributed by atoms with Crippen molar-refractivity contribution in [1.29, 1.82) is 0 Å². The lowest BCUT2D eigenvalue weighted by Crippen LogP contribution is -2.49. The number of imide groups is 1. The molecule has 0 saturated carbocycles. The number of rotatable bonds is 8. The summed E-state index contributed by atoms with van der Waals surface area (Å²) in [5.41, 5.74) is 4.81. The highest BCUT2D eigenvalue weighted by Gasteiger charge is 2.26. The highest BCUT2D eigenvalue weighted by atomic mass is 16.2. The van der Waals surface area contributed by atoms with Crippen LogP contribution in [0.2, 0.25) is 0 Å². The summed E-state index contributed by atoms with van der Waals surface area (Å²) >= 11 is 0. The minimum Gasteiger partial charge on any atom is -0.381 e. The molecule has 4 aromatic heterocycles. The number of pyridine rings is 2. The number of nitrogens with zero attached hydrogens (tertiary/aromatic N) is 6. The van der Waals surface area contributed by atoms with Gasteiger partial charge in [-0.15, -0.1) is 0 Å². The summed E-state index contributed by atoms with van der Waals surface area (Å²) in [6, 6.07) is 16.4. The van der Waals surface area contributed by atoms with Crippen LogP contribution in [-0.4, -0.2) is 61.2 Å². The molecule has 2 aliphatic rings. The molecular weight excluding hydrogens is 588 g/mol. The highest BCUT2D eigenvalue weighted by Crippen LogP contribution is 2.26. The van der Waals surface area contributed by atoms with Gasteiger partial charge in [0.25, 0.3) is 11.8 Å². The third kappa shape index (κ3) is 5.75. The Kier molecular flexibility index (Phi) is 7.36. The van der Waals surface area contributed by atoms with Crippen LogP contribution in [0.3, 0.4) is 0 Å². The van der Waals surface area contributed by atoms with Crippen LogP contribution in [0.4, 0.5) is 22.0 Å². The fourth-order valence-corrected chi connectivity index (χ4v) is 5.60. The third-order valence-electron chi connectivity index (χ3n) is 7.98. The molecule has 4 N–H and O–H groups in total. The van der Waals surface area contributed by atoms with E-state index < -0.39 is 6.03 Å². The molecule has 46 heavy (non-hydrogen) atoms. The lowest BCUT2D eigenvalue weighted by atomic mass is 10.2.